The summed E-state index contributed by atoms with van der Waals surface area (Å²) in [7, 11) is 0. The lowest BCUT2D eigenvalue weighted by Gasteiger charge is -2.20. The summed E-state index contributed by atoms with van der Waals surface area (Å²) in [5, 5.41) is 15.6. The number of nitrogens with zero attached hydrogens (tertiary/aromatic N) is 2. The Balaban J connectivity index is 2.29. The Labute approximate surface area is 98.4 Å². The molecule has 0 radical (unpaired) electrons. The second-order valence-corrected chi connectivity index (χ2v) is 4.93. The van der Waals surface area contributed by atoms with Crippen molar-refractivity contribution in [2.75, 3.05) is 11.9 Å². The summed E-state index contributed by atoms with van der Waals surface area (Å²) in [6.45, 7) is 4.24. The Hall–Kier alpha value is -1.20. The van der Waals surface area contributed by atoms with E-state index in [2.05, 4.69) is 29.1 Å². The number of aromatic nitrogens is 2. The summed E-state index contributed by atoms with van der Waals surface area (Å²) in [6, 6.07) is 2.02. The molecule has 4 nitrogen and oxygen atoms in total. The normalized spacial score (nSPS) is 13.2. The molecule has 1 atom stereocenters. The number of aliphatic hydroxyl groups is 1. The molecule has 0 bridgehead atoms. The number of hydrogen-bond donors (Lipinski definition) is 2. The van der Waals surface area contributed by atoms with E-state index in [1.54, 1.807) is 17.7 Å². The molecule has 0 aliphatic rings. The van der Waals surface area contributed by atoms with Crippen LogP contribution in [0, 0.1) is 5.92 Å². The summed E-state index contributed by atoms with van der Waals surface area (Å²) < 4.78 is 0. The molecule has 0 saturated heterocycles. The molecule has 2 aromatic heterocycles. The van der Waals surface area contributed by atoms with Gasteiger partial charge in [0.25, 0.3) is 0 Å². The summed E-state index contributed by atoms with van der Waals surface area (Å²) >= 11 is 1.59. The first-order valence-corrected chi connectivity index (χ1v) is 6.16. The molecule has 2 aromatic rings. The molecule has 86 valence electrons. The first-order valence-electron chi connectivity index (χ1n) is 5.28. The number of aliphatic hydroxyl groups excluding tert-OH is 1. The third-order valence-corrected chi connectivity index (χ3v) is 3.41. The van der Waals surface area contributed by atoms with Crippen LogP contribution in [0.5, 0.6) is 0 Å². The Morgan fingerprint density at radius 3 is 2.94 bits per heavy atom. The van der Waals surface area contributed by atoms with Crippen molar-refractivity contribution in [1.29, 1.82) is 0 Å². The van der Waals surface area contributed by atoms with Crippen molar-refractivity contribution in [3.05, 3.63) is 17.8 Å². The zero-order valence-electron chi connectivity index (χ0n) is 9.34. The lowest BCUT2D eigenvalue weighted by atomic mass is 10.1. The second kappa shape index (κ2) is 4.76. The highest BCUT2D eigenvalue weighted by molar-refractivity contribution is 7.16. The predicted octanol–water partition coefficient (Wildman–Crippen LogP) is 2.12. The summed E-state index contributed by atoms with van der Waals surface area (Å²) in [6.07, 6.45) is 1.55. The first kappa shape index (κ1) is 11.3. The van der Waals surface area contributed by atoms with E-state index >= 15 is 0 Å². The number of hydrogen-bond acceptors (Lipinski definition) is 5. The van der Waals surface area contributed by atoms with Crippen LogP contribution in [0.3, 0.4) is 0 Å². The molecule has 0 aliphatic heterocycles. The van der Waals surface area contributed by atoms with Crippen LogP contribution in [0.25, 0.3) is 10.2 Å². The van der Waals surface area contributed by atoms with Crippen LogP contribution in [0.15, 0.2) is 17.8 Å². The van der Waals surface area contributed by atoms with Gasteiger partial charge in [0.05, 0.1) is 18.0 Å². The van der Waals surface area contributed by atoms with Crippen LogP contribution in [0.2, 0.25) is 0 Å². The smallest absolute Gasteiger partial charge is 0.138 e. The number of thiophene rings is 1. The molecule has 0 amide bonds. The second-order valence-electron chi connectivity index (χ2n) is 4.04. The monoisotopic (exact) mass is 237 g/mol. The topological polar surface area (TPSA) is 58.0 Å². The fourth-order valence-corrected chi connectivity index (χ4v) is 2.24. The van der Waals surface area contributed by atoms with E-state index < -0.39 is 0 Å². The van der Waals surface area contributed by atoms with Gasteiger partial charge in [-0.2, -0.15) is 0 Å². The van der Waals surface area contributed by atoms with Crippen LogP contribution < -0.4 is 5.32 Å². The average molecular weight is 237 g/mol. The van der Waals surface area contributed by atoms with Gasteiger partial charge in [-0.1, -0.05) is 13.8 Å². The molecule has 2 heterocycles. The van der Waals surface area contributed by atoms with Gasteiger partial charge in [0, 0.05) is 0 Å². The van der Waals surface area contributed by atoms with E-state index in [1.165, 1.54) is 0 Å². The first-order chi connectivity index (χ1) is 7.72. The van der Waals surface area contributed by atoms with Gasteiger partial charge in [-0.05, 0) is 17.4 Å². The number of anilines is 1. The third-order valence-electron chi connectivity index (χ3n) is 2.59. The molecule has 0 saturated carbocycles. The molecular weight excluding hydrogens is 222 g/mol. The summed E-state index contributed by atoms with van der Waals surface area (Å²) in [5.41, 5.74) is 0. The van der Waals surface area contributed by atoms with Gasteiger partial charge < -0.3 is 10.4 Å². The van der Waals surface area contributed by atoms with E-state index in [9.17, 15) is 5.11 Å². The van der Waals surface area contributed by atoms with E-state index in [4.69, 9.17) is 0 Å². The van der Waals surface area contributed by atoms with Crippen molar-refractivity contribution in [3.63, 3.8) is 0 Å². The Morgan fingerprint density at radius 2 is 2.25 bits per heavy atom. The van der Waals surface area contributed by atoms with Gasteiger partial charge in [0.2, 0.25) is 0 Å². The highest BCUT2D eigenvalue weighted by atomic mass is 32.1. The maximum Gasteiger partial charge on any atom is 0.138 e. The van der Waals surface area contributed by atoms with Crippen molar-refractivity contribution in [2.24, 2.45) is 5.92 Å². The van der Waals surface area contributed by atoms with Gasteiger partial charge >= 0.3 is 0 Å². The molecule has 0 spiro atoms. The number of fused-ring (bicyclic) bond motifs is 1. The average Bonchev–Trinajstić information content (AvgIpc) is 2.73. The zero-order chi connectivity index (χ0) is 11.5. The lowest BCUT2D eigenvalue weighted by Crippen LogP contribution is -2.29. The molecule has 0 aromatic carbocycles. The molecule has 0 fully saturated rings. The third kappa shape index (κ3) is 2.15. The number of rotatable bonds is 4. The van der Waals surface area contributed by atoms with Crippen molar-refractivity contribution in [1.82, 2.24) is 9.97 Å². The number of nitrogens with one attached hydrogen (secondary N) is 1. The Morgan fingerprint density at radius 1 is 1.44 bits per heavy atom. The van der Waals surface area contributed by atoms with Crippen LogP contribution in [-0.4, -0.2) is 27.7 Å². The highest BCUT2D eigenvalue weighted by Gasteiger charge is 2.14. The van der Waals surface area contributed by atoms with Gasteiger partial charge in [0.15, 0.2) is 0 Å². The van der Waals surface area contributed by atoms with E-state index in [0.717, 1.165) is 16.0 Å². The van der Waals surface area contributed by atoms with Gasteiger partial charge in [-0.25, -0.2) is 9.97 Å². The van der Waals surface area contributed by atoms with E-state index in [0.29, 0.717) is 5.92 Å². The van der Waals surface area contributed by atoms with Crippen LogP contribution >= 0.6 is 11.3 Å². The molecule has 5 heteroatoms. The quantitative estimate of drug-likeness (QED) is 0.855. The van der Waals surface area contributed by atoms with Crippen LogP contribution in [-0.2, 0) is 0 Å². The van der Waals surface area contributed by atoms with Crippen molar-refractivity contribution < 1.29 is 5.11 Å². The van der Waals surface area contributed by atoms with Crippen LogP contribution in [0.1, 0.15) is 13.8 Å². The van der Waals surface area contributed by atoms with Gasteiger partial charge in [0.1, 0.15) is 17.0 Å². The standard InChI is InChI=1S/C11H15N3OS/c1-7(2)9(5-15)14-10-8-3-4-16-11(8)13-6-12-10/h3-4,6-7,9,15H,5H2,1-2H3,(H,12,13,14)/t9-/m1/s1. The molecule has 2 rings (SSSR count). The molecule has 2 N–H and O–H groups in total. The van der Waals surface area contributed by atoms with Crippen molar-refractivity contribution in [3.8, 4) is 0 Å². The van der Waals surface area contributed by atoms with Crippen molar-refractivity contribution >= 4 is 27.4 Å². The fourth-order valence-electron chi connectivity index (χ4n) is 1.50. The van der Waals surface area contributed by atoms with E-state index in [-0.39, 0.29) is 12.6 Å². The van der Waals surface area contributed by atoms with Gasteiger partial charge in [-0.15, -0.1) is 11.3 Å². The molecular formula is C11H15N3OS. The van der Waals surface area contributed by atoms with E-state index in [1.807, 2.05) is 11.4 Å². The summed E-state index contributed by atoms with van der Waals surface area (Å²) in [5.74, 6) is 1.16. The largest absolute Gasteiger partial charge is 0.394 e. The molecule has 16 heavy (non-hydrogen) atoms. The zero-order valence-corrected chi connectivity index (χ0v) is 10.2. The van der Waals surface area contributed by atoms with Crippen LogP contribution in [0.4, 0.5) is 5.82 Å². The Bertz CT molecular complexity index is 469. The van der Waals surface area contributed by atoms with Gasteiger partial charge in [-0.3, -0.25) is 0 Å². The SMILES string of the molecule is CC(C)[C@@H](CO)Nc1ncnc2sccc12. The maximum atomic E-state index is 9.28. The van der Waals surface area contributed by atoms with Crippen molar-refractivity contribution in [2.45, 2.75) is 19.9 Å². The minimum atomic E-state index is 0.0259. The molecule has 0 aliphatic carbocycles. The fraction of sp³-hybridized carbons (Fsp3) is 0.455. The minimum Gasteiger partial charge on any atom is -0.394 e. The lowest BCUT2D eigenvalue weighted by molar-refractivity contribution is 0.249. The predicted molar refractivity (Wildman–Crippen MR) is 66.7 cm³/mol. The minimum absolute atomic E-state index is 0.0259. The Kier molecular flexibility index (Phi) is 3.36. The molecule has 0 unspecified atom stereocenters. The summed E-state index contributed by atoms with van der Waals surface area (Å²) in [4.78, 5) is 9.38. The maximum absolute atomic E-state index is 9.28. The highest BCUT2D eigenvalue weighted by Crippen LogP contribution is 2.24.